The van der Waals surface area contributed by atoms with Crippen LogP contribution in [-0.4, -0.2) is 29.1 Å². The molecule has 0 atom stereocenters. The number of carbonyl (C=O) groups is 2. The molecule has 6 nitrogen and oxygen atoms in total. The maximum Gasteiger partial charge on any atom is 0.338 e. The molecule has 1 aromatic carbocycles. The van der Waals surface area contributed by atoms with Gasteiger partial charge < -0.3 is 14.6 Å². The fourth-order valence-electron chi connectivity index (χ4n) is 3.27. The summed E-state index contributed by atoms with van der Waals surface area (Å²) in [5.74, 6) is -0.643. The highest BCUT2D eigenvalue weighted by Crippen LogP contribution is 2.24. The fraction of sp³-hybridized carbons (Fsp3) is 0.375. The number of unbranched alkanes of at least 4 members (excludes halogenated alkanes) is 1. The minimum atomic E-state index is -0.323. The van der Waals surface area contributed by atoms with Crippen molar-refractivity contribution in [3.05, 3.63) is 58.4 Å². The summed E-state index contributed by atoms with van der Waals surface area (Å²) in [4.78, 5) is 24.3. The van der Waals surface area contributed by atoms with Crippen molar-refractivity contribution >= 4 is 18.0 Å². The number of aryl methyl sites for hydroxylation is 1. The smallest absolute Gasteiger partial charge is 0.338 e. The molecule has 1 heterocycles. The summed E-state index contributed by atoms with van der Waals surface area (Å²) >= 11 is 0. The molecule has 1 aromatic heterocycles. The van der Waals surface area contributed by atoms with Crippen molar-refractivity contribution in [3.63, 3.8) is 0 Å². The number of nitriles is 1. The van der Waals surface area contributed by atoms with Gasteiger partial charge in [-0.05, 0) is 75.1 Å². The monoisotopic (exact) mass is 405 g/mol. The van der Waals surface area contributed by atoms with Crippen LogP contribution in [0, 0.1) is 25.2 Å². The molecule has 0 radical (unpaired) electrons. The van der Waals surface area contributed by atoms with Gasteiger partial charge in [0.05, 0.1) is 12.2 Å². The molecule has 0 saturated heterocycles. The lowest BCUT2D eigenvalue weighted by Crippen LogP contribution is -2.26. The molecule has 0 unspecified atom stereocenters. The molecule has 1 aliphatic rings. The Morgan fingerprint density at radius 2 is 1.97 bits per heavy atom. The summed E-state index contributed by atoms with van der Waals surface area (Å²) in [5, 5.41) is 12.3. The van der Waals surface area contributed by atoms with Gasteiger partial charge in [0.2, 0.25) is 0 Å². The van der Waals surface area contributed by atoms with Crippen molar-refractivity contribution in [3.8, 4) is 11.8 Å². The normalized spacial score (nSPS) is 13.6. The van der Waals surface area contributed by atoms with Crippen molar-refractivity contribution in [2.45, 2.75) is 52.5 Å². The molecule has 3 rings (SSSR count). The second-order valence-electron chi connectivity index (χ2n) is 7.62. The quantitative estimate of drug-likeness (QED) is 0.308. The van der Waals surface area contributed by atoms with E-state index in [2.05, 4.69) is 5.32 Å². The van der Waals surface area contributed by atoms with Crippen LogP contribution in [0.4, 0.5) is 0 Å². The first-order valence-electron chi connectivity index (χ1n) is 10.3. The average molecular weight is 405 g/mol. The number of aromatic nitrogens is 1. The van der Waals surface area contributed by atoms with E-state index in [1.54, 1.807) is 18.2 Å². The Morgan fingerprint density at radius 1 is 1.27 bits per heavy atom. The van der Waals surface area contributed by atoms with Crippen molar-refractivity contribution in [1.29, 1.82) is 5.26 Å². The molecule has 1 fully saturated rings. The SMILES string of the molecule is CCCCOC(=O)c1ccc(-n2c(C)cc(/C=C(\C#N)C(=O)NC3CC3)c2C)cc1. The number of hydrogen-bond donors (Lipinski definition) is 1. The van der Waals surface area contributed by atoms with Crippen molar-refractivity contribution in [2.75, 3.05) is 6.61 Å². The third-order valence-corrected chi connectivity index (χ3v) is 5.14. The Kier molecular flexibility index (Phi) is 6.73. The number of nitrogens with zero attached hydrogens (tertiary/aromatic N) is 2. The van der Waals surface area contributed by atoms with E-state index < -0.39 is 0 Å². The maximum atomic E-state index is 12.2. The maximum absolute atomic E-state index is 12.2. The fourth-order valence-corrected chi connectivity index (χ4v) is 3.27. The van der Waals surface area contributed by atoms with Crippen LogP contribution < -0.4 is 5.32 Å². The molecule has 1 aliphatic carbocycles. The van der Waals surface area contributed by atoms with E-state index in [0.29, 0.717) is 12.2 Å². The molecule has 2 aromatic rings. The first kappa shape index (κ1) is 21.4. The van der Waals surface area contributed by atoms with Crippen LogP contribution in [0.1, 0.15) is 59.9 Å². The van der Waals surface area contributed by atoms with E-state index in [1.165, 1.54) is 0 Å². The second kappa shape index (κ2) is 9.45. The molecule has 156 valence electrons. The summed E-state index contributed by atoms with van der Waals surface area (Å²) in [6.07, 6.45) is 5.41. The van der Waals surface area contributed by atoms with Gasteiger partial charge >= 0.3 is 5.97 Å². The van der Waals surface area contributed by atoms with Gasteiger partial charge in [-0.2, -0.15) is 5.26 Å². The molecule has 30 heavy (non-hydrogen) atoms. The number of carbonyl (C=O) groups excluding carboxylic acids is 2. The molecule has 0 aliphatic heterocycles. The number of ether oxygens (including phenoxy) is 1. The van der Waals surface area contributed by atoms with Crippen LogP contribution in [0.5, 0.6) is 0 Å². The van der Waals surface area contributed by atoms with Gasteiger partial charge in [-0.15, -0.1) is 0 Å². The molecule has 6 heteroatoms. The predicted octanol–water partition coefficient (Wildman–Crippen LogP) is 4.24. The van der Waals surface area contributed by atoms with Crippen LogP contribution in [0.15, 0.2) is 35.9 Å². The summed E-state index contributed by atoms with van der Waals surface area (Å²) in [6.45, 7) is 6.39. The largest absolute Gasteiger partial charge is 0.462 e. The van der Waals surface area contributed by atoms with Crippen LogP contribution in [0.2, 0.25) is 0 Å². The highest BCUT2D eigenvalue weighted by atomic mass is 16.5. The number of nitrogens with one attached hydrogen (secondary N) is 1. The van der Waals surface area contributed by atoms with Crippen molar-refractivity contribution in [1.82, 2.24) is 9.88 Å². The molecule has 0 bridgehead atoms. The van der Waals surface area contributed by atoms with E-state index >= 15 is 0 Å². The number of esters is 1. The molecular formula is C24H27N3O3. The van der Waals surface area contributed by atoms with Gasteiger partial charge in [0.15, 0.2) is 0 Å². The highest BCUT2D eigenvalue weighted by molar-refractivity contribution is 6.02. The van der Waals surface area contributed by atoms with E-state index in [9.17, 15) is 14.9 Å². The third-order valence-electron chi connectivity index (χ3n) is 5.14. The molecular weight excluding hydrogens is 378 g/mol. The van der Waals surface area contributed by atoms with Crippen LogP contribution in [-0.2, 0) is 9.53 Å². The summed E-state index contributed by atoms with van der Waals surface area (Å²) < 4.78 is 7.29. The van der Waals surface area contributed by atoms with Gasteiger partial charge in [-0.25, -0.2) is 4.79 Å². The van der Waals surface area contributed by atoms with Gasteiger partial charge in [0, 0.05) is 23.1 Å². The van der Waals surface area contributed by atoms with Gasteiger partial charge in [-0.3, -0.25) is 4.79 Å². The first-order valence-corrected chi connectivity index (χ1v) is 10.3. The standard InChI is InChI=1S/C24H27N3O3/c1-4-5-12-30-24(29)18-6-10-22(11-7-18)27-16(2)13-19(17(27)3)14-20(15-25)23(28)26-21-8-9-21/h6-7,10-11,13-14,21H,4-5,8-9,12H2,1-3H3,(H,26,28)/b20-14+. The number of rotatable bonds is 8. The first-order chi connectivity index (χ1) is 14.4. The lowest BCUT2D eigenvalue weighted by atomic mass is 10.1. The Balaban J connectivity index is 1.81. The van der Waals surface area contributed by atoms with Crippen LogP contribution >= 0.6 is 0 Å². The minimum Gasteiger partial charge on any atom is -0.462 e. The molecule has 1 amide bonds. The van der Waals surface area contributed by atoms with Gasteiger partial charge in [-0.1, -0.05) is 13.3 Å². The Hall–Kier alpha value is -3.33. The molecule has 0 spiro atoms. The van der Waals surface area contributed by atoms with Crippen LogP contribution in [0.25, 0.3) is 11.8 Å². The van der Waals surface area contributed by atoms with E-state index in [-0.39, 0.29) is 23.5 Å². The van der Waals surface area contributed by atoms with Gasteiger partial charge in [0.1, 0.15) is 11.6 Å². The second-order valence-corrected chi connectivity index (χ2v) is 7.62. The van der Waals surface area contributed by atoms with Crippen molar-refractivity contribution < 1.29 is 14.3 Å². The Labute approximate surface area is 177 Å². The number of hydrogen-bond acceptors (Lipinski definition) is 4. The van der Waals surface area contributed by atoms with Crippen molar-refractivity contribution in [2.24, 2.45) is 0 Å². The lowest BCUT2D eigenvalue weighted by molar-refractivity contribution is -0.117. The van der Waals surface area contributed by atoms with Crippen LogP contribution in [0.3, 0.4) is 0 Å². The third kappa shape index (κ3) is 4.98. The molecule has 1 saturated carbocycles. The highest BCUT2D eigenvalue weighted by Gasteiger charge is 2.25. The zero-order valence-corrected chi connectivity index (χ0v) is 17.7. The lowest BCUT2D eigenvalue weighted by Gasteiger charge is -2.11. The molecule has 1 N–H and O–H groups in total. The summed E-state index contributed by atoms with van der Waals surface area (Å²) in [7, 11) is 0. The van der Waals surface area contributed by atoms with E-state index in [4.69, 9.17) is 4.74 Å². The zero-order chi connectivity index (χ0) is 21.7. The van der Waals surface area contributed by atoms with E-state index in [1.807, 2.05) is 49.6 Å². The number of benzene rings is 1. The van der Waals surface area contributed by atoms with E-state index in [0.717, 1.165) is 48.3 Å². The Morgan fingerprint density at radius 3 is 2.57 bits per heavy atom. The topological polar surface area (TPSA) is 84.1 Å². The van der Waals surface area contributed by atoms with Gasteiger partial charge in [0.25, 0.3) is 5.91 Å². The Bertz CT molecular complexity index is 1010. The minimum absolute atomic E-state index is 0.104. The zero-order valence-electron chi connectivity index (χ0n) is 17.7. The summed E-state index contributed by atoms with van der Waals surface area (Å²) in [6, 6.07) is 11.4. The predicted molar refractivity (Wildman–Crippen MR) is 115 cm³/mol. The number of amides is 1. The summed E-state index contributed by atoms with van der Waals surface area (Å²) in [5.41, 5.74) is 4.22. The average Bonchev–Trinajstić information content (AvgIpc) is 3.50.